The summed E-state index contributed by atoms with van der Waals surface area (Å²) >= 11 is 0. The van der Waals surface area contributed by atoms with Crippen LogP contribution in [-0.4, -0.2) is 61.5 Å². The van der Waals surface area contributed by atoms with Crippen molar-refractivity contribution in [3.05, 3.63) is 65.7 Å². The highest BCUT2D eigenvalue weighted by molar-refractivity contribution is 5.83. The van der Waals surface area contributed by atoms with E-state index in [1.165, 1.54) is 0 Å². The van der Waals surface area contributed by atoms with Crippen LogP contribution in [0.25, 0.3) is 0 Å². The molecule has 3 atom stereocenters. The number of benzene rings is 2. The van der Waals surface area contributed by atoms with E-state index in [2.05, 4.69) is 0 Å². The number of rotatable bonds is 6. The van der Waals surface area contributed by atoms with Crippen molar-refractivity contribution in [2.24, 2.45) is 5.92 Å². The van der Waals surface area contributed by atoms with E-state index in [1.807, 2.05) is 64.4 Å². The Morgan fingerprint density at radius 3 is 2.59 bits per heavy atom. The summed E-state index contributed by atoms with van der Waals surface area (Å²) in [5.41, 5.74) is 1.84. The molecule has 6 nitrogen and oxygen atoms in total. The number of likely N-dealkylation sites (tertiary alicyclic amines) is 2. The van der Waals surface area contributed by atoms with Gasteiger partial charge >= 0.3 is 0 Å². The Hall–Kier alpha value is -2.86. The molecule has 2 aromatic carbocycles. The number of hydrogen-bond acceptors (Lipinski definition) is 4. The maximum Gasteiger partial charge on any atom is 0.256 e. The number of fused-ring (bicyclic) bond motifs is 1. The van der Waals surface area contributed by atoms with Gasteiger partial charge in [0.25, 0.3) is 5.91 Å². The lowest BCUT2D eigenvalue weighted by molar-refractivity contribution is -0.151. The van der Waals surface area contributed by atoms with Crippen molar-refractivity contribution in [1.29, 1.82) is 0 Å². The Morgan fingerprint density at radius 2 is 1.84 bits per heavy atom. The van der Waals surface area contributed by atoms with Crippen molar-refractivity contribution >= 4 is 11.8 Å². The van der Waals surface area contributed by atoms with Gasteiger partial charge in [-0.15, -0.1) is 0 Å². The number of methoxy groups -OCH3 is 2. The molecule has 6 heteroatoms. The molecule has 2 aliphatic heterocycles. The van der Waals surface area contributed by atoms with Crippen molar-refractivity contribution in [2.45, 2.75) is 37.8 Å². The fraction of sp³-hybridized carbons (Fsp3) is 0.462. The lowest BCUT2D eigenvalue weighted by atomic mass is 9.83. The van der Waals surface area contributed by atoms with Crippen LogP contribution in [0.3, 0.4) is 0 Å². The fourth-order valence-electron chi connectivity index (χ4n) is 5.13. The van der Waals surface area contributed by atoms with Gasteiger partial charge in [-0.2, -0.15) is 0 Å². The van der Waals surface area contributed by atoms with E-state index in [0.29, 0.717) is 25.4 Å². The molecule has 0 spiro atoms. The summed E-state index contributed by atoms with van der Waals surface area (Å²) in [5.74, 6) is 1.24. The molecule has 170 valence electrons. The molecule has 0 N–H and O–H groups in total. The zero-order valence-electron chi connectivity index (χ0n) is 18.9. The minimum Gasteiger partial charge on any atom is -0.497 e. The SMILES string of the molecule is COc1cccc(CC(=O)N2CC[C@@H]3[C@H](CCCN3C(=O)[C@H](OC)c3ccccc3)C2)c1. The third-order valence-electron chi connectivity index (χ3n) is 6.76. The molecule has 2 heterocycles. The Morgan fingerprint density at radius 1 is 1.03 bits per heavy atom. The normalized spacial score (nSPS) is 21.6. The van der Waals surface area contributed by atoms with Crippen molar-refractivity contribution < 1.29 is 19.1 Å². The number of carbonyl (C=O) groups excluding carboxylic acids is 2. The third-order valence-corrected chi connectivity index (χ3v) is 6.76. The van der Waals surface area contributed by atoms with Crippen molar-refractivity contribution in [3.63, 3.8) is 0 Å². The number of carbonyl (C=O) groups is 2. The average Bonchev–Trinajstić information content (AvgIpc) is 2.84. The molecule has 0 aliphatic carbocycles. The monoisotopic (exact) mass is 436 g/mol. The maximum atomic E-state index is 13.4. The first-order chi connectivity index (χ1) is 15.6. The van der Waals surface area contributed by atoms with Crippen LogP contribution in [0, 0.1) is 5.92 Å². The summed E-state index contributed by atoms with van der Waals surface area (Å²) in [7, 11) is 3.23. The zero-order chi connectivity index (χ0) is 22.5. The second-order valence-corrected chi connectivity index (χ2v) is 8.68. The zero-order valence-corrected chi connectivity index (χ0v) is 18.9. The molecule has 2 aliphatic rings. The summed E-state index contributed by atoms with van der Waals surface area (Å²) in [5, 5.41) is 0. The molecule has 2 fully saturated rings. The van der Waals surface area contributed by atoms with E-state index < -0.39 is 6.10 Å². The summed E-state index contributed by atoms with van der Waals surface area (Å²) < 4.78 is 10.9. The summed E-state index contributed by atoms with van der Waals surface area (Å²) in [6.45, 7) is 2.14. The van der Waals surface area contributed by atoms with E-state index in [4.69, 9.17) is 9.47 Å². The highest BCUT2D eigenvalue weighted by Gasteiger charge is 2.41. The van der Waals surface area contributed by atoms with E-state index in [0.717, 1.165) is 42.7 Å². The topological polar surface area (TPSA) is 59.1 Å². The van der Waals surface area contributed by atoms with Crippen molar-refractivity contribution in [3.8, 4) is 5.75 Å². The van der Waals surface area contributed by atoms with Gasteiger partial charge in [0.1, 0.15) is 5.75 Å². The summed E-state index contributed by atoms with van der Waals surface area (Å²) in [4.78, 5) is 30.4. The lowest BCUT2D eigenvalue weighted by Crippen LogP contribution is -2.57. The second kappa shape index (κ2) is 10.2. The van der Waals surface area contributed by atoms with Gasteiger partial charge in [0.2, 0.25) is 5.91 Å². The molecule has 0 unspecified atom stereocenters. The Balaban J connectivity index is 1.41. The number of piperidine rings is 2. The smallest absolute Gasteiger partial charge is 0.256 e. The minimum atomic E-state index is -0.581. The van der Waals surface area contributed by atoms with Crippen LogP contribution < -0.4 is 4.74 Å². The highest BCUT2D eigenvalue weighted by Crippen LogP contribution is 2.33. The lowest BCUT2D eigenvalue weighted by Gasteiger charge is -2.48. The van der Waals surface area contributed by atoms with Gasteiger partial charge in [0.15, 0.2) is 6.10 Å². The molecular weight excluding hydrogens is 404 g/mol. The van der Waals surface area contributed by atoms with Gasteiger partial charge in [-0.05, 0) is 48.4 Å². The molecule has 2 amide bonds. The second-order valence-electron chi connectivity index (χ2n) is 8.68. The van der Waals surface area contributed by atoms with Crippen LogP contribution >= 0.6 is 0 Å². The predicted octanol–water partition coefficient (Wildman–Crippen LogP) is 3.46. The largest absolute Gasteiger partial charge is 0.497 e. The summed E-state index contributed by atoms with van der Waals surface area (Å²) in [6, 6.07) is 17.5. The first-order valence-corrected chi connectivity index (χ1v) is 11.4. The van der Waals surface area contributed by atoms with Crippen LogP contribution in [0.2, 0.25) is 0 Å². The molecule has 0 bridgehead atoms. The fourth-order valence-corrected chi connectivity index (χ4v) is 5.13. The van der Waals surface area contributed by atoms with Crippen LogP contribution in [0.1, 0.15) is 36.5 Å². The van der Waals surface area contributed by atoms with Gasteiger partial charge in [-0.1, -0.05) is 42.5 Å². The Labute approximate surface area is 190 Å². The van der Waals surface area contributed by atoms with Crippen molar-refractivity contribution in [2.75, 3.05) is 33.9 Å². The number of nitrogens with zero attached hydrogens (tertiary/aromatic N) is 2. The molecule has 0 saturated carbocycles. The summed E-state index contributed by atoms with van der Waals surface area (Å²) in [6.07, 6.45) is 2.60. The van der Waals surface area contributed by atoms with Gasteiger partial charge in [0, 0.05) is 32.8 Å². The molecular formula is C26H32N2O4. The number of hydrogen-bond donors (Lipinski definition) is 0. The van der Waals surface area contributed by atoms with E-state index in [-0.39, 0.29) is 17.9 Å². The molecule has 2 aromatic rings. The Bertz CT molecular complexity index is 932. The minimum absolute atomic E-state index is 0.0320. The third kappa shape index (κ3) is 4.80. The predicted molar refractivity (Wildman–Crippen MR) is 122 cm³/mol. The van der Waals surface area contributed by atoms with Gasteiger partial charge in [0.05, 0.1) is 13.5 Å². The first kappa shape index (κ1) is 22.3. The molecule has 32 heavy (non-hydrogen) atoms. The van der Waals surface area contributed by atoms with Crippen LogP contribution in [0.4, 0.5) is 0 Å². The van der Waals surface area contributed by atoms with Crippen molar-refractivity contribution in [1.82, 2.24) is 9.80 Å². The molecule has 2 saturated heterocycles. The standard InChI is InChI=1S/C26H32N2O4/c1-31-22-12-6-8-19(16-22)17-24(29)27-15-13-23-21(18-27)11-7-14-28(23)26(30)25(32-2)20-9-4-3-5-10-20/h3-6,8-10,12,16,21,23,25H,7,11,13-15,17-18H2,1-2H3/t21-,23-,25-/m1/s1. The number of ether oxygens (including phenoxy) is 2. The quantitative estimate of drug-likeness (QED) is 0.696. The van der Waals surface area contributed by atoms with Gasteiger partial charge in [-0.3, -0.25) is 9.59 Å². The van der Waals surface area contributed by atoms with Gasteiger partial charge < -0.3 is 19.3 Å². The van der Waals surface area contributed by atoms with E-state index >= 15 is 0 Å². The van der Waals surface area contributed by atoms with E-state index in [1.54, 1.807) is 14.2 Å². The van der Waals surface area contributed by atoms with Gasteiger partial charge in [-0.25, -0.2) is 0 Å². The number of amides is 2. The van der Waals surface area contributed by atoms with Crippen LogP contribution in [0.5, 0.6) is 5.75 Å². The highest BCUT2D eigenvalue weighted by atomic mass is 16.5. The average molecular weight is 437 g/mol. The van der Waals surface area contributed by atoms with Crippen LogP contribution in [0.15, 0.2) is 54.6 Å². The molecule has 0 radical (unpaired) electrons. The Kier molecular flexibility index (Phi) is 7.10. The van der Waals surface area contributed by atoms with E-state index in [9.17, 15) is 9.59 Å². The first-order valence-electron chi connectivity index (χ1n) is 11.4. The maximum absolute atomic E-state index is 13.4. The molecule has 4 rings (SSSR count). The van der Waals surface area contributed by atoms with Crippen LogP contribution in [-0.2, 0) is 20.7 Å². The molecule has 0 aromatic heterocycles.